The molecule has 0 fully saturated rings. The van der Waals surface area contributed by atoms with Crippen molar-refractivity contribution in [1.82, 2.24) is 0 Å². The van der Waals surface area contributed by atoms with Crippen molar-refractivity contribution < 1.29 is 42.8 Å². The van der Waals surface area contributed by atoms with Crippen LogP contribution in [-0.2, 0) is 18.0 Å². The van der Waals surface area contributed by atoms with Crippen LogP contribution in [0.25, 0.3) is 0 Å². The van der Waals surface area contributed by atoms with E-state index in [1.807, 2.05) is 0 Å². The Kier molecular flexibility index (Phi) is 12.9. The molecule has 0 atom stereocenters. The molecule has 0 heterocycles. The smallest absolute Gasteiger partial charge is 1.00 e. The van der Waals surface area contributed by atoms with Gasteiger partial charge in [0.1, 0.15) is 0 Å². The fourth-order valence-electron chi connectivity index (χ4n) is 0.736. The molecule has 0 aliphatic heterocycles. The number of benzene rings is 1. The molecule has 0 spiro atoms. The van der Waals surface area contributed by atoms with Gasteiger partial charge in [0.15, 0.2) is 0 Å². The van der Waals surface area contributed by atoms with E-state index in [0.29, 0.717) is 0 Å². The fourth-order valence-corrected chi connectivity index (χ4v) is 2.68. The monoisotopic (exact) mass is 310 g/mol. The van der Waals surface area contributed by atoms with Gasteiger partial charge in [-0.25, -0.2) is 0 Å². The largest absolute Gasteiger partial charge is 1.00 e. The molecular formula is C10H14Cl2Pd. The predicted octanol–water partition coefficient (Wildman–Crippen LogP) is -3.38. The minimum absolute atomic E-state index is 0. The molecular weight excluding hydrogens is 297 g/mol. The third kappa shape index (κ3) is 7.53. The van der Waals surface area contributed by atoms with Crippen molar-refractivity contribution in [2.24, 2.45) is 0 Å². The van der Waals surface area contributed by atoms with Crippen LogP contribution >= 0.6 is 0 Å². The summed E-state index contributed by atoms with van der Waals surface area (Å²) in [5.74, 6) is 0. The summed E-state index contributed by atoms with van der Waals surface area (Å²) in [6, 6.07) is 10.8. The Morgan fingerprint density at radius 3 is 2.23 bits per heavy atom. The quantitative estimate of drug-likeness (QED) is 0.402. The molecule has 0 radical (unpaired) electrons. The standard InChI is InChI=1S/C6H5.C4H9.2ClH.Pd/c1-2-4-6-5-3-1;1-3-4-2;;;/h1-5H;1,3-4H2,2H3;2*1H;/q;;;;+2/p-2. The van der Waals surface area contributed by atoms with E-state index >= 15 is 0 Å². The van der Waals surface area contributed by atoms with Crippen LogP contribution < -0.4 is 28.9 Å². The number of hydrogen-bond acceptors (Lipinski definition) is 0. The molecule has 1 aromatic rings. The van der Waals surface area contributed by atoms with Crippen LogP contribution in [0, 0.1) is 0 Å². The van der Waals surface area contributed by atoms with E-state index in [4.69, 9.17) is 0 Å². The zero-order chi connectivity index (χ0) is 7.94. The van der Waals surface area contributed by atoms with E-state index in [0.717, 1.165) is 18.0 Å². The van der Waals surface area contributed by atoms with Crippen molar-refractivity contribution in [2.45, 2.75) is 24.7 Å². The van der Waals surface area contributed by atoms with Gasteiger partial charge < -0.3 is 24.8 Å². The summed E-state index contributed by atoms with van der Waals surface area (Å²) in [5.41, 5.74) is 0. The average molecular weight is 312 g/mol. The number of unbranched alkanes of at least 4 members (excludes halogenated alkanes) is 1. The van der Waals surface area contributed by atoms with Gasteiger partial charge in [-0.1, -0.05) is 0 Å². The third-order valence-electron chi connectivity index (χ3n) is 1.39. The maximum Gasteiger partial charge on any atom is -1.00 e. The van der Waals surface area contributed by atoms with Gasteiger partial charge in [-0.2, -0.15) is 0 Å². The zero-order valence-corrected chi connectivity index (χ0v) is 10.6. The Bertz CT molecular complexity index is 189. The van der Waals surface area contributed by atoms with Crippen molar-refractivity contribution in [3.8, 4) is 0 Å². The van der Waals surface area contributed by atoms with E-state index in [1.54, 1.807) is 0 Å². The average Bonchev–Trinajstić information content (AvgIpc) is 2.07. The first kappa shape index (κ1) is 15.9. The summed E-state index contributed by atoms with van der Waals surface area (Å²) in [4.78, 5) is 1.38. The Morgan fingerprint density at radius 1 is 1.08 bits per heavy atom. The minimum atomic E-state index is 0. The minimum Gasteiger partial charge on any atom is -1.00 e. The summed E-state index contributed by atoms with van der Waals surface area (Å²) < 4.78 is 1.52. The maximum atomic E-state index is 2.25. The van der Waals surface area contributed by atoms with Crippen molar-refractivity contribution in [2.75, 3.05) is 0 Å². The van der Waals surface area contributed by atoms with Gasteiger partial charge in [0.25, 0.3) is 0 Å². The normalized spacial score (nSPS) is 8.69. The van der Waals surface area contributed by atoms with E-state index in [1.165, 1.54) is 21.8 Å². The first-order chi connectivity index (χ1) is 5.43. The van der Waals surface area contributed by atoms with Crippen LogP contribution in [0.4, 0.5) is 0 Å². The SMILES string of the molecule is CCC[CH2][Pd+2][c]1ccccc1.[Cl-].[Cl-]. The van der Waals surface area contributed by atoms with Crippen molar-refractivity contribution in [1.29, 1.82) is 0 Å². The second-order valence-electron chi connectivity index (χ2n) is 2.38. The molecule has 0 aliphatic rings. The maximum absolute atomic E-state index is 2.25. The van der Waals surface area contributed by atoms with Crippen molar-refractivity contribution in [3.63, 3.8) is 0 Å². The Morgan fingerprint density at radius 2 is 1.69 bits per heavy atom. The second-order valence-corrected chi connectivity index (χ2v) is 4.61. The van der Waals surface area contributed by atoms with E-state index in [-0.39, 0.29) is 24.8 Å². The summed E-state index contributed by atoms with van der Waals surface area (Å²) in [5, 5.41) is 0. The zero-order valence-electron chi connectivity index (χ0n) is 7.58. The van der Waals surface area contributed by atoms with E-state index in [2.05, 4.69) is 37.3 Å². The fraction of sp³-hybridized carbons (Fsp3) is 0.400. The molecule has 0 nitrogen and oxygen atoms in total. The molecule has 0 N–H and O–H groups in total. The van der Waals surface area contributed by atoms with Gasteiger partial charge in [-0.3, -0.25) is 0 Å². The Labute approximate surface area is 101 Å². The molecule has 3 heteroatoms. The summed E-state index contributed by atoms with van der Waals surface area (Å²) in [6.07, 6.45) is 2.70. The molecule has 78 valence electrons. The Hall–Kier alpha value is 0.462. The van der Waals surface area contributed by atoms with Gasteiger partial charge >= 0.3 is 77.0 Å². The van der Waals surface area contributed by atoms with Crippen LogP contribution in [0.3, 0.4) is 0 Å². The van der Waals surface area contributed by atoms with Crippen LogP contribution in [0.2, 0.25) is 4.89 Å². The summed E-state index contributed by atoms with van der Waals surface area (Å²) in [6.45, 7) is 2.25. The van der Waals surface area contributed by atoms with Gasteiger partial charge in [0.05, 0.1) is 0 Å². The molecule has 1 rings (SSSR count). The number of rotatable bonds is 4. The Balaban J connectivity index is 0. The van der Waals surface area contributed by atoms with E-state index in [9.17, 15) is 0 Å². The van der Waals surface area contributed by atoms with Gasteiger partial charge in [0, 0.05) is 0 Å². The summed E-state index contributed by atoms with van der Waals surface area (Å²) >= 11 is 0.825. The molecule has 0 bridgehead atoms. The molecule has 1 aromatic carbocycles. The van der Waals surface area contributed by atoms with Crippen molar-refractivity contribution in [3.05, 3.63) is 30.3 Å². The molecule has 0 saturated heterocycles. The first-order valence-electron chi connectivity index (χ1n) is 4.00. The third-order valence-corrected chi connectivity index (χ3v) is 3.48. The van der Waals surface area contributed by atoms with Crippen LogP contribution in [-0.4, -0.2) is 0 Å². The van der Waals surface area contributed by atoms with Crippen LogP contribution in [0.15, 0.2) is 30.3 Å². The van der Waals surface area contributed by atoms with Crippen LogP contribution in [0.5, 0.6) is 0 Å². The molecule has 0 aromatic heterocycles. The van der Waals surface area contributed by atoms with Crippen molar-refractivity contribution >= 4 is 4.04 Å². The molecule has 0 amide bonds. The van der Waals surface area contributed by atoms with Gasteiger partial charge in [0.2, 0.25) is 0 Å². The predicted molar refractivity (Wildman–Crippen MR) is 45.8 cm³/mol. The summed E-state index contributed by atoms with van der Waals surface area (Å²) in [7, 11) is 0. The second kappa shape index (κ2) is 10.5. The molecule has 0 unspecified atom stereocenters. The number of halogens is 2. The van der Waals surface area contributed by atoms with E-state index < -0.39 is 0 Å². The van der Waals surface area contributed by atoms with Gasteiger partial charge in [-0.15, -0.1) is 0 Å². The number of hydrogen-bond donors (Lipinski definition) is 0. The topological polar surface area (TPSA) is 0 Å². The molecule has 13 heavy (non-hydrogen) atoms. The first-order valence-corrected chi connectivity index (χ1v) is 5.88. The van der Waals surface area contributed by atoms with Gasteiger partial charge in [-0.05, 0) is 0 Å². The molecule has 0 saturated carbocycles. The molecule has 0 aliphatic carbocycles. The van der Waals surface area contributed by atoms with Crippen LogP contribution in [0.1, 0.15) is 19.8 Å².